The molecule has 0 spiro atoms. The molecule has 5 nitrogen and oxygen atoms in total. The highest BCUT2D eigenvalue weighted by atomic mass is 35.5. The van der Waals surface area contributed by atoms with Crippen LogP contribution < -0.4 is 11.1 Å². The van der Waals surface area contributed by atoms with Crippen LogP contribution in [0.5, 0.6) is 0 Å². The summed E-state index contributed by atoms with van der Waals surface area (Å²) in [6.45, 7) is -0.749. The molecule has 10 heteroatoms. The topological polar surface area (TPSA) is 88.2 Å². The van der Waals surface area contributed by atoms with Crippen LogP contribution in [0.3, 0.4) is 0 Å². The summed E-state index contributed by atoms with van der Waals surface area (Å²) in [5.41, 5.74) is 5.26. The Morgan fingerprint density at radius 3 is 2.67 bits per heavy atom. The molecule has 0 aromatic carbocycles. The number of thiazole rings is 1. The molecule has 1 aromatic rings. The van der Waals surface area contributed by atoms with Gasteiger partial charge in [0.1, 0.15) is 10.7 Å². The van der Waals surface area contributed by atoms with Crippen LogP contribution in [0.2, 0.25) is 0 Å². The number of amides is 1. The first-order valence-corrected chi connectivity index (χ1v) is 5.40. The van der Waals surface area contributed by atoms with Crippen LogP contribution in [0.1, 0.15) is 15.5 Å². The van der Waals surface area contributed by atoms with Gasteiger partial charge < -0.3 is 16.2 Å². The zero-order valence-corrected chi connectivity index (χ0v) is 10.5. The third-order valence-electron chi connectivity index (χ3n) is 1.79. The molecule has 1 atom stereocenters. The predicted octanol–water partition coefficient (Wildman–Crippen LogP) is 0.677. The summed E-state index contributed by atoms with van der Waals surface area (Å²) in [6, 6.07) is 0. The molecule has 0 saturated heterocycles. The van der Waals surface area contributed by atoms with Crippen LogP contribution in [0, 0.1) is 0 Å². The van der Waals surface area contributed by atoms with Crippen molar-refractivity contribution in [3.05, 3.63) is 16.1 Å². The Morgan fingerprint density at radius 1 is 1.61 bits per heavy atom. The second kappa shape index (κ2) is 6.88. The smallest absolute Gasteiger partial charge is 0.382 e. The van der Waals surface area contributed by atoms with Gasteiger partial charge in [-0.1, -0.05) is 0 Å². The zero-order valence-electron chi connectivity index (χ0n) is 8.90. The van der Waals surface area contributed by atoms with Crippen molar-refractivity contribution in [2.45, 2.75) is 18.8 Å². The molecular weight excluding hydrogens is 295 g/mol. The average Bonchev–Trinajstić information content (AvgIpc) is 2.72. The van der Waals surface area contributed by atoms with Crippen LogP contribution in [-0.2, 0) is 6.54 Å². The van der Waals surface area contributed by atoms with Crippen molar-refractivity contribution in [2.24, 2.45) is 5.73 Å². The molecule has 18 heavy (non-hydrogen) atoms. The van der Waals surface area contributed by atoms with E-state index in [1.54, 1.807) is 0 Å². The molecule has 0 fully saturated rings. The number of nitrogens with two attached hydrogens (primary N) is 1. The summed E-state index contributed by atoms with van der Waals surface area (Å²) >= 11 is 1.14. The highest BCUT2D eigenvalue weighted by Crippen LogP contribution is 2.19. The second-order valence-electron chi connectivity index (χ2n) is 3.10. The lowest BCUT2D eigenvalue weighted by atomic mass is 10.3. The van der Waals surface area contributed by atoms with Crippen LogP contribution in [0.15, 0.2) is 5.38 Å². The third kappa shape index (κ3) is 4.77. The number of rotatable bonds is 4. The van der Waals surface area contributed by atoms with Crippen molar-refractivity contribution in [3.63, 3.8) is 0 Å². The summed E-state index contributed by atoms with van der Waals surface area (Å²) in [5, 5.41) is 12.5. The lowest BCUT2D eigenvalue weighted by Crippen LogP contribution is -2.40. The van der Waals surface area contributed by atoms with Gasteiger partial charge >= 0.3 is 6.18 Å². The fraction of sp³-hybridized carbons (Fsp3) is 0.500. The minimum atomic E-state index is -4.75. The molecule has 0 radical (unpaired) electrons. The quantitative estimate of drug-likeness (QED) is 0.763. The first-order chi connectivity index (χ1) is 7.84. The van der Waals surface area contributed by atoms with E-state index >= 15 is 0 Å². The number of hydrogen-bond donors (Lipinski definition) is 3. The van der Waals surface area contributed by atoms with Crippen LogP contribution in [0.25, 0.3) is 0 Å². The highest BCUT2D eigenvalue weighted by molar-refractivity contribution is 7.09. The zero-order chi connectivity index (χ0) is 13.1. The molecule has 1 amide bonds. The van der Waals surface area contributed by atoms with Gasteiger partial charge in [0.05, 0.1) is 6.54 Å². The van der Waals surface area contributed by atoms with Gasteiger partial charge in [0.15, 0.2) is 6.10 Å². The maximum absolute atomic E-state index is 11.9. The summed E-state index contributed by atoms with van der Waals surface area (Å²) in [5.74, 6) is -0.774. The number of aliphatic hydroxyl groups excluding tert-OH is 1. The van der Waals surface area contributed by atoms with E-state index in [2.05, 4.69) is 4.98 Å². The summed E-state index contributed by atoms with van der Waals surface area (Å²) < 4.78 is 35.8. The minimum Gasteiger partial charge on any atom is -0.382 e. The molecule has 0 saturated carbocycles. The lowest BCUT2D eigenvalue weighted by molar-refractivity contribution is -0.201. The third-order valence-corrected chi connectivity index (χ3v) is 2.66. The van der Waals surface area contributed by atoms with E-state index in [0.717, 1.165) is 11.3 Å². The number of hydrogen-bond acceptors (Lipinski definition) is 5. The number of carbonyl (C=O) groups excluding carboxylic acids is 1. The van der Waals surface area contributed by atoms with Crippen LogP contribution >= 0.6 is 23.7 Å². The maximum Gasteiger partial charge on any atom is 0.416 e. The van der Waals surface area contributed by atoms with Crippen LogP contribution in [-0.4, -0.2) is 34.8 Å². The van der Waals surface area contributed by atoms with E-state index in [0.29, 0.717) is 5.01 Å². The van der Waals surface area contributed by atoms with E-state index in [1.807, 2.05) is 5.32 Å². The summed E-state index contributed by atoms with van der Waals surface area (Å²) in [6.07, 6.45) is -7.34. The van der Waals surface area contributed by atoms with Crippen molar-refractivity contribution in [1.29, 1.82) is 0 Å². The Balaban J connectivity index is 0.00000289. The van der Waals surface area contributed by atoms with E-state index < -0.39 is 24.7 Å². The number of nitrogens with one attached hydrogen (secondary N) is 1. The maximum atomic E-state index is 11.9. The molecule has 1 rings (SSSR count). The second-order valence-corrected chi connectivity index (χ2v) is 4.04. The molecular formula is C8H11ClF3N3O2S. The first kappa shape index (κ1) is 17.1. The van der Waals surface area contributed by atoms with E-state index in [-0.39, 0.29) is 24.6 Å². The SMILES string of the molecule is Cl.NCc1nc(C(=O)NCC(O)C(F)(F)F)cs1. The molecule has 1 heterocycles. The number of alkyl halides is 3. The molecule has 0 bridgehead atoms. The number of nitrogens with zero attached hydrogens (tertiary/aromatic N) is 1. The Bertz CT molecular complexity index is 399. The van der Waals surface area contributed by atoms with Gasteiger partial charge in [0.2, 0.25) is 0 Å². The Kier molecular flexibility index (Phi) is 6.54. The molecule has 1 aromatic heterocycles. The lowest BCUT2D eigenvalue weighted by Gasteiger charge is -2.14. The van der Waals surface area contributed by atoms with E-state index in [1.165, 1.54) is 5.38 Å². The fourth-order valence-electron chi connectivity index (χ4n) is 0.905. The van der Waals surface area contributed by atoms with E-state index in [9.17, 15) is 18.0 Å². The largest absolute Gasteiger partial charge is 0.416 e. The fourth-order valence-corrected chi connectivity index (χ4v) is 1.56. The number of carbonyl (C=O) groups is 1. The Hall–Kier alpha value is -0.900. The van der Waals surface area contributed by atoms with Crippen molar-refractivity contribution < 1.29 is 23.1 Å². The van der Waals surface area contributed by atoms with Gasteiger partial charge in [-0.2, -0.15) is 13.2 Å². The Morgan fingerprint density at radius 2 is 2.22 bits per heavy atom. The summed E-state index contributed by atoms with van der Waals surface area (Å²) in [7, 11) is 0. The molecule has 4 N–H and O–H groups in total. The van der Waals surface area contributed by atoms with Crippen molar-refractivity contribution in [2.75, 3.05) is 6.54 Å². The minimum absolute atomic E-state index is 0. The van der Waals surface area contributed by atoms with Crippen LogP contribution in [0.4, 0.5) is 13.2 Å². The number of halogens is 4. The van der Waals surface area contributed by atoms with Gasteiger partial charge in [-0.25, -0.2) is 4.98 Å². The van der Waals surface area contributed by atoms with Crippen molar-refractivity contribution in [3.8, 4) is 0 Å². The standard InChI is InChI=1S/C8H10F3N3O2S.ClH/c9-8(10,11)5(15)2-13-7(16)4-3-17-6(1-12)14-4;/h3,5,15H,1-2,12H2,(H,13,16);1H. The summed E-state index contributed by atoms with van der Waals surface area (Å²) in [4.78, 5) is 15.1. The molecule has 0 aliphatic rings. The van der Waals surface area contributed by atoms with Crippen molar-refractivity contribution >= 4 is 29.7 Å². The highest BCUT2D eigenvalue weighted by Gasteiger charge is 2.38. The van der Waals surface area contributed by atoms with E-state index in [4.69, 9.17) is 10.8 Å². The van der Waals surface area contributed by atoms with Gasteiger partial charge in [-0.3, -0.25) is 4.79 Å². The molecule has 104 valence electrons. The predicted molar refractivity (Wildman–Crippen MR) is 61.6 cm³/mol. The van der Waals surface area contributed by atoms with Gasteiger partial charge in [0.25, 0.3) is 5.91 Å². The van der Waals surface area contributed by atoms with Gasteiger partial charge in [0, 0.05) is 11.9 Å². The molecule has 0 aliphatic carbocycles. The van der Waals surface area contributed by atoms with Gasteiger partial charge in [-0.05, 0) is 0 Å². The molecule has 0 aliphatic heterocycles. The number of aliphatic hydroxyl groups is 1. The van der Waals surface area contributed by atoms with Crippen molar-refractivity contribution in [1.82, 2.24) is 10.3 Å². The Labute approximate surface area is 111 Å². The number of aromatic nitrogens is 1. The first-order valence-electron chi connectivity index (χ1n) is 4.52. The van der Waals surface area contributed by atoms with Gasteiger partial charge in [-0.15, -0.1) is 23.7 Å². The molecule has 1 unspecified atom stereocenters. The normalized spacial score (nSPS) is 12.7. The average molecular weight is 306 g/mol. The monoisotopic (exact) mass is 305 g/mol.